The molecule has 338 valence electrons. The maximum Gasteiger partial charge on any atom is 0.340 e. The second-order valence-electron chi connectivity index (χ2n) is 14.3. The largest absolute Gasteiger partial charge is 0.478 e. The quantitative estimate of drug-likeness (QED) is 0.116. The van der Waals surface area contributed by atoms with Crippen molar-refractivity contribution in [3.63, 3.8) is 0 Å². The predicted molar refractivity (Wildman–Crippen MR) is 265 cm³/mol. The Morgan fingerprint density at radius 2 is 0.924 bits per heavy atom. The summed E-state index contributed by atoms with van der Waals surface area (Å²) in [6.45, 7) is 1.03. The molecular formula is C50H38Br4F3N3O6. The highest BCUT2D eigenvalue weighted by Gasteiger charge is 2.18. The lowest BCUT2D eigenvalue weighted by Crippen LogP contribution is -2.07. The maximum absolute atomic E-state index is 14.0. The van der Waals surface area contributed by atoms with Gasteiger partial charge in [0.05, 0.1) is 47.5 Å². The highest BCUT2D eigenvalue weighted by Crippen LogP contribution is 2.27. The summed E-state index contributed by atoms with van der Waals surface area (Å²) in [4.78, 5) is 37.3. The number of hydrogen-bond donors (Lipinski definition) is 2. The van der Waals surface area contributed by atoms with Gasteiger partial charge in [-0.2, -0.15) is 0 Å². The van der Waals surface area contributed by atoms with E-state index in [4.69, 9.17) is 4.74 Å². The zero-order chi connectivity index (χ0) is 47.5. The summed E-state index contributed by atoms with van der Waals surface area (Å²) in [6.07, 6.45) is 5.07. The number of carboxylic acid groups (broad SMARTS) is 1. The van der Waals surface area contributed by atoms with E-state index in [9.17, 15) is 32.7 Å². The van der Waals surface area contributed by atoms with E-state index in [-0.39, 0.29) is 17.2 Å². The fourth-order valence-electron chi connectivity index (χ4n) is 6.84. The number of halogens is 7. The minimum Gasteiger partial charge on any atom is -0.478 e. The number of esters is 2. The van der Waals surface area contributed by atoms with Gasteiger partial charge in [0.15, 0.2) is 0 Å². The van der Waals surface area contributed by atoms with Crippen LogP contribution in [0.25, 0.3) is 32.7 Å². The molecule has 9 rings (SSSR count). The van der Waals surface area contributed by atoms with Gasteiger partial charge in [-0.05, 0) is 108 Å². The van der Waals surface area contributed by atoms with Crippen molar-refractivity contribution in [2.75, 3.05) is 14.2 Å². The van der Waals surface area contributed by atoms with E-state index in [1.165, 1.54) is 56.2 Å². The van der Waals surface area contributed by atoms with Crippen LogP contribution in [0.4, 0.5) is 13.2 Å². The van der Waals surface area contributed by atoms with Gasteiger partial charge in [-0.3, -0.25) is 0 Å². The monoisotopic (exact) mass is 1150 g/mol. The number of fused-ring (bicyclic) bond motifs is 3. The zero-order valence-electron chi connectivity index (χ0n) is 35.0. The van der Waals surface area contributed by atoms with Crippen molar-refractivity contribution in [3.8, 4) is 0 Å². The first kappa shape index (κ1) is 49.5. The third-order valence-electron chi connectivity index (χ3n) is 10.1. The highest BCUT2D eigenvalue weighted by atomic mass is 79.9. The SMILES string of the molecule is BrCc1ccc(Br)cc1.COC(=O)c1ccc(F)c2cc[nH]c12.COC(=O)c1ccc(F)c2ccn(Cc3ccc(Br)cc3)c12.O=C(O)c1ccc(F)c2ccn(Cc3ccc(Br)cc3)c12. The predicted octanol–water partition coefficient (Wildman–Crippen LogP) is 14.1. The van der Waals surface area contributed by atoms with Crippen molar-refractivity contribution >= 4 is 114 Å². The lowest BCUT2D eigenvalue weighted by Gasteiger charge is -2.09. The zero-order valence-corrected chi connectivity index (χ0v) is 41.4. The number of hydrogen-bond acceptors (Lipinski definition) is 5. The van der Waals surface area contributed by atoms with Gasteiger partial charge >= 0.3 is 17.9 Å². The number of carbonyl (C=O) groups is 3. The number of alkyl halides is 1. The molecule has 6 aromatic carbocycles. The van der Waals surface area contributed by atoms with Gasteiger partial charge in [-0.25, -0.2) is 27.6 Å². The maximum atomic E-state index is 14.0. The minimum atomic E-state index is -1.06. The van der Waals surface area contributed by atoms with Crippen LogP contribution in [-0.4, -0.2) is 51.4 Å². The van der Waals surface area contributed by atoms with Crippen LogP contribution < -0.4 is 0 Å². The fourth-order valence-corrected chi connectivity index (χ4v) is 8.01. The van der Waals surface area contributed by atoms with E-state index >= 15 is 0 Å². The molecule has 0 fully saturated rings. The molecule has 66 heavy (non-hydrogen) atoms. The van der Waals surface area contributed by atoms with Crippen LogP contribution >= 0.6 is 63.7 Å². The molecule has 3 heterocycles. The first-order chi connectivity index (χ1) is 31.7. The van der Waals surface area contributed by atoms with Crippen molar-refractivity contribution in [2.45, 2.75) is 18.4 Å². The van der Waals surface area contributed by atoms with Crippen molar-refractivity contribution in [2.24, 2.45) is 0 Å². The number of carbonyl (C=O) groups excluding carboxylic acids is 2. The fraction of sp³-hybridized carbons (Fsp3) is 0.100. The summed E-state index contributed by atoms with van der Waals surface area (Å²) < 4.78 is 57.1. The average molecular weight is 1150 g/mol. The molecule has 0 unspecified atom stereocenters. The number of aromatic carboxylic acids is 1. The summed E-state index contributed by atoms with van der Waals surface area (Å²) in [5.74, 6) is -3.12. The molecule has 0 radical (unpaired) electrons. The first-order valence-corrected chi connectivity index (χ1v) is 23.2. The Balaban J connectivity index is 0.000000152. The molecule has 0 amide bonds. The molecule has 0 aliphatic carbocycles. The molecule has 0 saturated carbocycles. The molecule has 0 aliphatic rings. The Bertz CT molecular complexity index is 3130. The second-order valence-corrected chi connectivity index (χ2v) is 17.6. The van der Waals surface area contributed by atoms with Crippen LogP contribution in [0.2, 0.25) is 0 Å². The molecule has 3 aromatic heterocycles. The lowest BCUT2D eigenvalue weighted by molar-refractivity contribution is 0.0593. The molecule has 9 aromatic rings. The Labute approximate surface area is 410 Å². The number of carboxylic acids is 1. The molecule has 0 aliphatic heterocycles. The second kappa shape index (κ2) is 23.0. The molecule has 0 bridgehead atoms. The van der Waals surface area contributed by atoms with Crippen LogP contribution in [0.1, 0.15) is 47.8 Å². The normalized spacial score (nSPS) is 10.6. The Hall–Kier alpha value is -5.94. The molecular weight excluding hydrogens is 1120 g/mol. The van der Waals surface area contributed by atoms with Gasteiger partial charge in [0.25, 0.3) is 0 Å². The number of methoxy groups -OCH3 is 2. The molecule has 9 nitrogen and oxygen atoms in total. The van der Waals surface area contributed by atoms with Crippen LogP contribution in [0.5, 0.6) is 0 Å². The van der Waals surface area contributed by atoms with Gasteiger partial charge in [-0.15, -0.1) is 0 Å². The van der Waals surface area contributed by atoms with Gasteiger partial charge in [0.2, 0.25) is 0 Å². The van der Waals surface area contributed by atoms with E-state index < -0.39 is 23.7 Å². The molecule has 2 N–H and O–H groups in total. The van der Waals surface area contributed by atoms with Gasteiger partial charge in [0, 0.05) is 66.6 Å². The summed E-state index contributed by atoms with van der Waals surface area (Å²) in [5.41, 5.74) is 5.61. The number of H-pyrrole nitrogens is 1. The Kier molecular flexibility index (Phi) is 17.2. The van der Waals surface area contributed by atoms with E-state index in [1.54, 1.807) is 41.4 Å². The highest BCUT2D eigenvalue weighted by molar-refractivity contribution is 9.11. The van der Waals surface area contributed by atoms with Crippen molar-refractivity contribution in [1.29, 1.82) is 0 Å². The van der Waals surface area contributed by atoms with E-state index in [2.05, 4.69) is 85.6 Å². The van der Waals surface area contributed by atoms with Gasteiger partial charge in [0.1, 0.15) is 17.5 Å². The smallest absolute Gasteiger partial charge is 0.340 e. The Morgan fingerprint density at radius 3 is 1.36 bits per heavy atom. The molecule has 0 spiro atoms. The number of aromatic nitrogens is 3. The number of ether oxygens (including phenoxy) is 2. The van der Waals surface area contributed by atoms with Crippen LogP contribution in [0.3, 0.4) is 0 Å². The van der Waals surface area contributed by atoms with Gasteiger partial charge in [-0.1, -0.05) is 100 Å². The van der Waals surface area contributed by atoms with E-state index in [1.807, 2.05) is 65.2 Å². The van der Waals surface area contributed by atoms with Crippen molar-refractivity contribution < 1.29 is 42.1 Å². The van der Waals surface area contributed by atoms with E-state index in [0.717, 1.165) is 29.9 Å². The van der Waals surface area contributed by atoms with Crippen molar-refractivity contribution in [3.05, 3.63) is 210 Å². The van der Waals surface area contributed by atoms with Gasteiger partial charge < -0.3 is 28.7 Å². The summed E-state index contributed by atoms with van der Waals surface area (Å²) >= 11 is 13.5. The van der Waals surface area contributed by atoms with E-state index in [0.29, 0.717) is 56.9 Å². The molecule has 0 saturated heterocycles. The molecule has 0 atom stereocenters. The number of benzene rings is 6. The number of nitrogens with one attached hydrogen (secondary N) is 1. The topological polar surface area (TPSA) is 116 Å². The first-order valence-electron chi connectivity index (χ1n) is 19.7. The minimum absolute atomic E-state index is 0.105. The third-order valence-corrected chi connectivity index (χ3v) is 12.3. The van der Waals surface area contributed by atoms with Crippen LogP contribution in [0, 0.1) is 17.5 Å². The van der Waals surface area contributed by atoms with Crippen LogP contribution in [0.15, 0.2) is 159 Å². The number of aromatic amines is 1. The average Bonchev–Trinajstić information content (AvgIpc) is 4.10. The molecule has 16 heteroatoms. The number of nitrogens with zero attached hydrogens (tertiary/aromatic N) is 2. The number of rotatable bonds is 8. The summed E-state index contributed by atoms with van der Waals surface area (Å²) in [7, 11) is 2.61. The standard InChI is InChI=1S/C17H13BrFNO2.C16H11BrFNO2.C10H8FNO2.C7H6Br2/c1-22-17(21)14-6-7-15(19)13-8-9-20(16(13)14)10-11-2-4-12(18)5-3-11;17-11-3-1-10(2-4-11)9-19-8-7-12-14(18)6-5-13(15(12)19)16(20)21;1-14-10(13)7-2-3-8(11)6-4-5-12-9(6)7;8-5-6-1-3-7(9)4-2-6/h2-9H,10H2,1H3;1-8H,9H2,(H,20,21);2-5,12H,1H3;1-4H,5H2. The third kappa shape index (κ3) is 12.1. The summed E-state index contributed by atoms with van der Waals surface area (Å²) in [6, 6.07) is 36.6. The lowest BCUT2D eigenvalue weighted by atomic mass is 10.1. The van der Waals surface area contributed by atoms with Crippen LogP contribution in [-0.2, 0) is 27.9 Å². The Morgan fingerprint density at radius 1 is 0.530 bits per heavy atom. The van der Waals surface area contributed by atoms with Crippen molar-refractivity contribution in [1.82, 2.24) is 14.1 Å². The summed E-state index contributed by atoms with van der Waals surface area (Å²) in [5, 5.41) is 11.3.